The van der Waals surface area contributed by atoms with Crippen LogP contribution in [0.4, 0.5) is 0 Å². The summed E-state index contributed by atoms with van der Waals surface area (Å²) < 4.78 is 17.7. The van der Waals surface area contributed by atoms with Gasteiger partial charge in [0.1, 0.15) is 18.1 Å². The van der Waals surface area contributed by atoms with E-state index in [9.17, 15) is 14.4 Å². The lowest BCUT2D eigenvalue weighted by Gasteiger charge is -2.16. The summed E-state index contributed by atoms with van der Waals surface area (Å²) in [6, 6.07) is 19.6. The van der Waals surface area contributed by atoms with Gasteiger partial charge in [-0.15, -0.1) is 4.74 Å². The van der Waals surface area contributed by atoms with E-state index in [1.165, 1.54) is 0 Å². The number of nitrogens with zero attached hydrogens (tertiary/aromatic N) is 1. The topological polar surface area (TPSA) is 116 Å². The minimum Gasteiger partial charge on any atom is -0.494 e. The van der Waals surface area contributed by atoms with Crippen molar-refractivity contribution in [2.75, 3.05) is 13.2 Å². The monoisotopic (exact) mass is 545 g/mol. The maximum Gasteiger partial charge on any atom is 0.440 e. The Kier molecular flexibility index (Phi) is 9.27. The van der Waals surface area contributed by atoms with Crippen LogP contribution < -0.4 is 26.2 Å². The predicted molar refractivity (Wildman–Crippen MR) is 153 cm³/mol. The molecule has 0 aliphatic carbocycles. The quantitative estimate of drug-likeness (QED) is 0.252. The zero-order valence-corrected chi connectivity index (χ0v) is 23.3. The maximum atomic E-state index is 11.7. The Hall–Kier alpha value is -4.53. The summed E-state index contributed by atoms with van der Waals surface area (Å²) >= 11 is 0. The highest BCUT2D eigenvalue weighted by Gasteiger charge is 2.11. The predicted octanol–water partition coefficient (Wildman–Crippen LogP) is 4.58. The van der Waals surface area contributed by atoms with Gasteiger partial charge in [-0.05, 0) is 77.9 Å². The molecule has 0 spiro atoms. The average molecular weight is 546 g/mol. The van der Waals surface area contributed by atoms with E-state index in [1.54, 1.807) is 0 Å². The van der Waals surface area contributed by atoms with Crippen LogP contribution in [0.1, 0.15) is 42.5 Å². The molecule has 0 bridgehead atoms. The molecule has 1 amide bonds. The van der Waals surface area contributed by atoms with Crippen molar-refractivity contribution in [2.24, 2.45) is 5.92 Å². The van der Waals surface area contributed by atoms with Crippen molar-refractivity contribution in [3.63, 3.8) is 0 Å². The Balaban J connectivity index is 1.35. The second kappa shape index (κ2) is 13.0. The summed E-state index contributed by atoms with van der Waals surface area (Å²) in [6.07, 6.45) is 0.744. The molecule has 4 rings (SSSR count). The highest BCUT2D eigenvalue weighted by molar-refractivity contribution is 5.77. The van der Waals surface area contributed by atoms with E-state index in [2.05, 4.69) is 42.3 Å². The van der Waals surface area contributed by atoms with Gasteiger partial charge in [-0.1, -0.05) is 50.2 Å². The number of hydrogen-bond donors (Lipinski definition) is 2. The number of carbonyl (C=O) groups excluding carboxylic acids is 1. The smallest absolute Gasteiger partial charge is 0.440 e. The van der Waals surface area contributed by atoms with Crippen molar-refractivity contribution in [1.82, 2.24) is 15.0 Å². The lowest BCUT2D eigenvalue weighted by atomic mass is 9.94. The molecule has 0 radical (unpaired) electrons. The van der Waals surface area contributed by atoms with Crippen molar-refractivity contribution < 1.29 is 18.8 Å². The van der Waals surface area contributed by atoms with Gasteiger partial charge in [0.25, 0.3) is 0 Å². The van der Waals surface area contributed by atoms with E-state index in [4.69, 9.17) is 14.0 Å². The molecule has 0 atom stereocenters. The Morgan fingerprint density at radius 1 is 0.975 bits per heavy atom. The second-order valence-electron chi connectivity index (χ2n) is 9.99. The molecule has 0 saturated carbocycles. The molecule has 0 saturated heterocycles. The molecule has 0 aliphatic rings. The molecule has 2 N–H and O–H groups in total. The number of ether oxygens (including phenoxy) is 2. The normalized spacial score (nSPS) is 11.0. The van der Waals surface area contributed by atoms with E-state index >= 15 is 0 Å². The van der Waals surface area contributed by atoms with Crippen molar-refractivity contribution in [3.05, 3.63) is 104 Å². The van der Waals surface area contributed by atoms with Gasteiger partial charge in [-0.2, -0.15) is 0 Å². The minimum absolute atomic E-state index is 0.0151. The minimum atomic E-state index is -0.776. The highest BCUT2D eigenvalue weighted by Crippen LogP contribution is 2.31. The first-order valence-corrected chi connectivity index (χ1v) is 13.3. The number of aromatic nitrogens is 2. The molecule has 0 fully saturated rings. The first kappa shape index (κ1) is 28.5. The molecule has 1 heterocycles. The first-order chi connectivity index (χ1) is 19.2. The summed E-state index contributed by atoms with van der Waals surface area (Å²) in [5, 5.41) is 2.90. The van der Waals surface area contributed by atoms with Gasteiger partial charge >= 0.3 is 11.4 Å². The molecule has 1 aromatic heterocycles. The zero-order valence-electron chi connectivity index (χ0n) is 23.3. The molecular formula is C31H35N3O6. The molecule has 0 aliphatic heterocycles. The largest absolute Gasteiger partial charge is 0.494 e. The summed E-state index contributed by atoms with van der Waals surface area (Å²) in [6.45, 7) is 9.60. The maximum absolute atomic E-state index is 11.7. The lowest BCUT2D eigenvalue weighted by molar-refractivity contribution is -0.123. The van der Waals surface area contributed by atoms with Gasteiger partial charge in [-0.3, -0.25) is 4.79 Å². The first-order valence-electron chi connectivity index (χ1n) is 13.3. The van der Waals surface area contributed by atoms with Gasteiger partial charge in [-0.25, -0.2) is 14.6 Å². The van der Waals surface area contributed by atoms with Gasteiger partial charge in [0.15, 0.2) is 0 Å². The van der Waals surface area contributed by atoms with Crippen molar-refractivity contribution in [3.8, 4) is 22.6 Å². The fraction of sp³-hybridized carbons (Fsp3) is 0.323. The number of aryl methyl sites for hydroxylation is 1. The Bertz CT molecular complexity index is 1560. The number of carbonyl (C=O) groups is 1. The third kappa shape index (κ3) is 7.31. The number of rotatable bonds is 12. The standard InChI is InChI=1S/C31H35N3O6/c1-20(2)29(35)32-15-6-16-38-26-13-14-27(21(3)17-26)28-8-5-7-24(22(28)4)19-39-25-11-9-23(10-12-25)18-34-30(36)33-31(37)40-34/h5,7-14,17,20H,6,15-16,18-19H2,1-4H3,(H,32,35)(H,33,36,37). The molecule has 9 nitrogen and oxygen atoms in total. The molecule has 9 heteroatoms. The van der Waals surface area contributed by atoms with Crippen molar-refractivity contribution in [2.45, 2.75) is 47.3 Å². The van der Waals surface area contributed by atoms with E-state index in [1.807, 2.05) is 56.3 Å². The summed E-state index contributed by atoms with van der Waals surface area (Å²) in [5.74, 6) is 0.764. The average Bonchev–Trinajstić information content (AvgIpc) is 3.24. The number of aromatic amines is 1. The Morgan fingerprint density at radius 3 is 2.40 bits per heavy atom. The van der Waals surface area contributed by atoms with Crippen LogP contribution >= 0.6 is 0 Å². The van der Waals surface area contributed by atoms with Crippen LogP contribution in [0, 0.1) is 19.8 Å². The van der Waals surface area contributed by atoms with Gasteiger partial charge in [0.05, 0.1) is 13.2 Å². The number of hydrogen-bond acceptors (Lipinski definition) is 6. The molecule has 210 valence electrons. The Morgan fingerprint density at radius 2 is 1.73 bits per heavy atom. The second-order valence-corrected chi connectivity index (χ2v) is 9.99. The molecule has 4 aromatic rings. The van der Waals surface area contributed by atoms with Crippen molar-refractivity contribution >= 4 is 5.91 Å². The summed E-state index contributed by atoms with van der Waals surface area (Å²) in [5.41, 5.74) is 5.81. The van der Waals surface area contributed by atoms with Crippen LogP contribution in [-0.4, -0.2) is 28.8 Å². The SMILES string of the molecule is Cc1cc(OCCCNC(=O)C(C)C)ccc1-c1cccc(COc2ccc(Cn3oc(=O)[nH]c3=O)cc2)c1C. The van der Waals surface area contributed by atoms with Gasteiger partial charge < -0.3 is 19.3 Å². The van der Waals surface area contributed by atoms with E-state index < -0.39 is 11.4 Å². The van der Waals surface area contributed by atoms with Crippen LogP contribution in [0.2, 0.25) is 0 Å². The zero-order chi connectivity index (χ0) is 28.6. The molecular weight excluding hydrogens is 510 g/mol. The summed E-state index contributed by atoms with van der Waals surface area (Å²) in [7, 11) is 0. The number of nitrogens with one attached hydrogen (secondary N) is 2. The fourth-order valence-corrected chi connectivity index (χ4v) is 4.27. The van der Waals surface area contributed by atoms with Crippen molar-refractivity contribution in [1.29, 1.82) is 0 Å². The van der Waals surface area contributed by atoms with Crippen LogP contribution in [0.3, 0.4) is 0 Å². The number of benzene rings is 3. The highest BCUT2D eigenvalue weighted by atomic mass is 16.5. The van der Waals surface area contributed by atoms with E-state index in [0.29, 0.717) is 25.5 Å². The Labute approximate surface area is 232 Å². The fourth-order valence-electron chi connectivity index (χ4n) is 4.27. The van der Waals surface area contributed by atoms with Crippen LogP contribution in [-0.2, 0) is 17.9 Å². The van der Waals surface area contributed by atoms with E-state index in [-0.39, 0.29) is 18.4 Å². The molecule has 3 aromatic carbocycles. The lowest BCUT2D eigenvalue weighted by Crippen LogP contribution is -2.29. The molecule has 40 heavy (non-hydrogen) atoms. The third-order valence-electron chi connectivity index (χ3n) is 6.62. The van der Waals surface area contributed by atoms with Gasteiger partial charge in [0.2, 0.25) is 5.91 Å². The van der Waals surface area contributed by atoms with E-state index in [0.717, 1.165) is 50.3 Å². The third-order valence-corrected chi connectivity index (χ3v) is 6.62. The van der Waals surface area contributed by atoms with Crippen LogP contribution in [0.5, 0.6) is 11.5 Å². The van der Waals surface area contributed by atoms with Crippen LogP contribution in [0.15, 0.2) is 74.8 Å². The molecule has 0 unspecified atom stereocenters. The summed E-state index contributed by atoms with van der Waals surface area (Å²) in [4.78, 5) is 36.5. The number of H-pyrrole nitrogens is 1. The number of amides is 1. The van der Waals surface area contributed by atoms with Gasteiger partial charge in [0, 0.05) is 12.5 Å². The van der Waals surface area contributed by atoms with Crippen LogP contribution in [0.25, 0.3) is 11.1 Å².